The summed E-state index contributed by atoms with van der Waals surface area (Å²) in [5, 5.41) is 8.06. The monoisotopic (exact) mass is 318 g/mol. The maximum Gasteiger partial charge on any atom is 0.252 e. The number of nitrogens with zero attached hydrogens (tertiary/aromatic N) is 1. The van der Waals surface area contributed by atoms with E-state index in [0.29, 0.717) is 28.1 Å². The van der Waals surface area contributed by atoms with Crippen LogP contribution in [-0.4, -0.2) is 11.1 Å². The van der Waals surface area contributed by atoms with Crippen molar-refractivity contribution in [2.24, 2.45) is 0 Å². The van der Waals surface area contributed by atoms with Gasteiger partial charge in [-0.05, 0) is 31.5 Å². The van der Waals surface area contributed by atoms with Crippen molar-refractivity contribution in [2.45, 2.75) is 26.8 Å². The Morgan fingerprint density at radius 1 is 1.36 bits per heavy atom. The fraction of sp³-hybridized carbons (Fsp3) is 0.250. The van der Waals surface area contributed by atoms with Crippen molar-refractivity contribution in [2.75, 3.05) is 0 Å². The third-order valence-corrected chi connectivity index (χ3v) is 3.94. The van der Waals surface area contributed by atoms with Crippen LogP contribution in [0.4, 0.5) is 0 Å². The highest BCUT2D eigenvalue weighted by molar-refractivity contribution is 6.35. The van der Waals surface area contributed by atoms with E-state index in [0.717, 1.165) is 23.4 Å². The molecule has 0 aliphatic carbocycles. The van der Waals surface area contributed by atoms with E-state index in [9.17, 15) is 4.79 Å². The zero-order valence-electron chi connectivity index (χ0n) is 12.3. The number of benzene rings is 1. The fourth-order valence-electron chi connectivity index (χ4n) is 2.43. The van der Waals surface area contributed by atoms with Crippen molar-refractivity contribution in [1.29, 1.82) is 0 Å². The largest absolute Gasteiger partial charge is 0.463 e. The first-order valence-corrected chi connectivity index (χ1v) is 7.37. The van der Waals surface area contributed by atoms with E-state index in [1.807, 2.05) is 13.8 Å². The van der Waals surface area contributed by atoms with Crippen molar-refractivity contribution >= 4 is 28.5 Å². The highest BCUT2D eigenvalue weighted by Gasteiger charge is 2.16. The van der Waals surface area contributed by atoms with Gasteiger partial charge in [0, 0.05) is 17.5 Å². The van der Waals surface area contributed by atoms with Gasteiger partial charge in [-0.2, -0.15) is 0 Å². The molecule has 5 nitrogen and oxygen atoms in total. The third kappa shape index (κ3) is 2.48. The number of halogens is 1. The first-order chi connectivity index (χ1) is 10.6. The van der Waals surface area contributed by atoms with Crippen molar-refractivity contribution in [3.05, 3.63) is 52.1 Å². The lowest BCUT2D eigenvalue weighted by Gasteiger charge is -2.07. The van der Waals surface area contributed by atoms with Crippen LogP contribution < -0.4 is 5.32 Å². The van der Waals surface area contributed by atoms with Gasteiger partial charge in [0.2, 0.25) is 0 Å². The Labute approximate surface area is 132 Å². The van der Waals surface area contributed by atoms with Crippen LogP contribution in [0, 0.1) is 6.92 Å². The van der Waals surface area contributed by atoms with E-state index in [1.165, 1.54) is 6.26 Å². The SMILES string of the molecule is CCc1noc(C)c1CNC(=O)c1ccc(Cl)c2occc12. The molecule has 3 rings (SSSR count). The summed E-state index contributed by atoms with van der Waals surface area (Å²) in [5.41, 5.74) is 2.83. The average molecular weight is 319 g/mol. The van der Waals surface area contributed by atoms with Crippen molar-refractivity contribution in [1.82, 2.24) is 10.5 Å². The van der Waals surface area contributed by atoms with Crippen LogP contribution in [0.25, 0.3) is 11.0 Å². The quantitative estimate of drug-likeness (QED) is 0.792. The van der Waals surface area contributed by atoms with Crippen molar-refractivity contribution in [3.8, 4) is 0 Å². The molecule has 1 aromatic carbocycles. The molecule has 0 aliphatic rings. The molecule has 1 N–H and O–H groups in total. The number of hydrogen-bond donors (Lipinski definition) is 1. The number of aryl methyl sites for hydroxylation is 2. The average Bonchev–Trinajstić information content (AvgIpc) is 3.12. The number of nitrogens with one attached hydrogen (secondary N) is 1. The Balaban J connectivity index is 1.83. The number of carbonyl (C=O) groups is 1. The highest BCUT2D eigenvalue weighted by Crippen LogP contribution is 2.27. The van der Waals surface area contributed by atoms with E-state index < -0.39 is 0 Å². The van der Waals surface area contributed by atoms with Gasteiger partial charge in [-0.1, -0.05) is 23.7 Å². The topological polar surface area (TPSA) is 68.3 Å². The number of hydrogen-bond acceptors (Lipinski definition) is 4. The van der Waals surface area contributed by atoms with Crippen LogP contribution in [-0.2, 0) is 13.0 Å². The van der Waals surface area contributed by atoms with Gasteiger partial charge in [-0.25, -0.2) is 0 Å². The minimum absolute atomic E-state index is 0.189. The Kier molecular flexibility index (Phi) is 3.90. The van der Waals surface area contributed by atoms with Crippen molar-refractivity contribution in [3.63, 3.8) is 0 Å². The second-order valence-electron chi connectivity index (χ2n) is 4.96. The summed E-state index contributed by atoms with van der Waals surface area (Å²) >= 11 is 6.05. The first kappa shape index (κ1) is 14.7. The minimum Gasteiger partial charge on any atom is -0.463 e. The molecule has 114 valence electrons. The van der Waals surface area contributed by atoms with Crippen LogP contribution in [0.2, 0.25) is 5.02 Å². The van der Waals surface area contributed by atoms with E-state index in [-0.39, 0.29) is 5.91 Å². The normalized spacial score (nSPS) is 11.0. The fourth-order valence-corrected chi connectivity index (χ4v) is 2.64. The molecular weight excluding hydrogens is 304 g/mol. The Morgan fingerprint density at radius 3 is 2.95 bits per heavy atom. The van der Waals surface area contributed by atoms with Gasteiger partial charge in [0.1, 0.15) is 5.76 Å². The number of furan rings is 1. The molecule has 3 aromatic rings. The standard InChI is InChI=1S/C16H15ClN2O3/c1-3-14-12(9(2)22-19-14)8-18-16(20)11-4-5-13(17)15-10(11)6-7-21-15/h4-7H,3,8H2,1-2H3,(H,18,20). The molecule has 0 unspecified atom stereocenters. The molecular formula is C16H15ClN2O3. The molecule has 0 radical (unpaired) electrons. The van der Waals surface area contributed by atoms with Crippen LogP contribution in [0.3, 0.4) is 0 Å². The molecule has 0 saturated heterocycles. The number of carbonyl (C=O) groups excluding carboxylic acids is 1. The van der Waals surface area contributed by atoms with E-state index >= 15 is 0 Å². The third-order valence-electron chi connectivity index (χ3n) is 3.64. The number of fused-ring (bicyclic) bond motifs is 1. The summed E-state index contributed by atoms with van der Waals surface area (Å²) in [6.07, 6.45) is 2.28. The predicted molar refractivity (Wildman–Crippen MR) is 83.0 cm³/mol. The molecule has 6 heteroatoms. The Bertz CT molecular complexity index is 835. The van der Waals surface area contributed by atoms with Gasteiger partial charge < -0.3 is 14.3 Å². The lowest BCUT2D eigenvalue weighted by molar-refractivity contribution is 0.0952. The molecule has 0 aliphatic heterocycles. The number of amides is 1. The van der Waals surface area contributed by atoms with Gasteiger partial charge in [0.15, 0.2) is 5.58 Å². The molecule has 0 fully saturated rings. The van der Waals surface area contributed by atoms with E-state index in [1.54, 1.807) is 18.2 Å². The molecule has 1 amide bonds. The van der Waals surface area contributed by atoms with Gasteiger partial charge >= 0.3 is 0 Å². The van der Waals surface area contributed by atoms with Crippen LogP contribution >= 0.6 is 11.6 Å². The minimum atomic E-state index is -0.189. The molecule has 0 atom stereocenters. The molecule has 2 aromatic heterocycles. The molecule has 22 heavy (non-hydrogen) atoms. The van der Waals surface area contributed by atoms with Gasteiger partial charge in [0.05, 0.1) is 22.5 Å². The summed E-state index contributed by atoms with van der Waals surface area (Å²) < 4.78 is 10.5. The lowest BCUT2D eigenvalue weighted by atomic mass is 10.1. The number of rotatable bonds is 4. The molecule has 0 spiro atoms. The second-order valence-corrected chi connectivity index (χ2v) is 5.37. The number of aromatic nitrogens is 1. The molecule has 2 heterocycles. The summed E-state index contributed by atoms with van der Waals surface area (Å²) in [6.45, 7) is 4.21. The van der Waals surface area contributed by atoms with Gasteiger partial charge in [0.25, 0.3) is 5.91 Å². The smallest absolute Gasteiger partial charge is 0.252 e. The Morgan fingerprint density at radius 2 is 2.18 bits per heavy atom. The zero-order valence-corrected chi connectivity index (χ0v) is 13.0. The maximum absolute atomic E-state index is 12.4. The maximum atomic E-state index is 12.4. The predicted octanol–water partition coefficient (Wildman–Crippen LogP) is 3.88. The van der Waals surface area contributed by atoms with Crippen LogP contribution in [0.1, 0.15) is 34.3 Å². The van der Waals surface area contributed by atoms with Crippen molar-refractivity contribution < 1.29 is 13.7 Å². The highest BCUT2D eigenvalue weighted by atomic mass is 35.5. The van der Waals surface area contributed by atoms with Crippen LogP contribution in [0.15, 0.2) is 33.4 Å². The molecule has 0 bridgehead atoms. The first-order valence-electron chi connectivity index (χ1n) is 6.99. The Hall–Kier alpha value is -2.27. The summed E-state index contributed by atoms with van der Waals surface area (Å²) in [5.74, 6) is 0.535. The zero-order chi connectivity index (χ0) is 15.7. The second kappa shape index (κ2) is 5.85. The van der Waals surface area contributed by atoms with Crippen LogP contribution in [0.5, 0.6) is 0 Å². The summed E-state index contributed by atoms with van der Waals surface area (Å²) in [6, 6.07) is 5.08. The van der Waals surface area contributed by atoms with Gasteiger partial charge in [-0.15, -0.1) is 0 Å². The van der Waals surface area contributed by atoms with E-state index in [2.05, 4.69) is 10.5 Å². The summed E-state index contributed by atoms with van der Waals surface area (Å²) in [7, 11) is 0. The summed E-state index contributed by atoms with van der Waals surface area (Å²) in [4.78, 5) is 12.4. The van der Waals surface area contributed by atoms with Gasteiger partial charge in [-0.3, -0.25) is 4.79 Å². The molecule has 0 saturated carbocycles. The lowest BCUT2D eigenvalue weighted by Crippen LogP contribution is -2.23. The van der Waals surface area contributed by atoms with E-state index in [4.69, 9.17) is 20.5 Å².